The largest absolute Gasteiger partial charge is 0.350 e. The van der Waals surface area contributed by atoms with E-state index in [0.29, 0.717) is 11.1 Å². The number of primary amides is 1. The van der Waals surface area contributed by atoms with Gasteiger partial charge < -0.3 is 11.1 Å². The summed E-state index contributed by atoms with van der Waals surface area (Å²) in [5.74, 6) is 0. The standard InChI is InChI=1S/C22H25ClN4O/c23-17-13-11-15(12-14-17)19-20(25-18-9-5-2-6-10-18)21(27(26-19)22(24)28)16-7-3-1-4-8-16/h1,3-4,7-8,11-14,18,20-21,25H,2,5-6,9-10H2,(H2,24,28)/t20-,21+/m0/s1. The molecule has 5 nitrogen and oxygen atoms in total. The number of nitrogens with two attached hydrogens (primary N) is 1. The Morgan fingerprint density at radius 2 is 1.71 bits per heavy atom. The van der Waals surface area contributed by atoms with Crippen LogP contribution in [0.25, 0.3) is 0 Å². The number of amides is 2. The maximum absolute atomic E-state index is 12.2. The van der Waals surface area contributed by atoms with Gasteiger partial charge in [-0.1, -0.05) is 73.3 Å². The summed E-state index contributed by atoms with van der Waals surface area (Å²) in [6.45, 7) is 0. The Balaban J connectivity index is 1.74. The average Bonchev–Trinajstić information content (AvgIpc) is 3.09. The van der Waals surface area contributed by atoms with E-state index in [0.717, 1.165) is 29.7 Å². The Labute approximate surface area is 170 Å². The van der Waals surface area contributed by atoms with Gasteiger partial charge in [0.1, 0.15) is 6.04 Å². The molecule has 0 unspecified atom stereocenters. The Kier molecular flexibility index (Phi) is 5.64. The van der Waals surface area contributed by atoms with E-state index in [1.807, 2.05) is 54.6 Å². The smallest absolute Gasteiger partial charge is 0.335 e. The van der Waals surface area contributed by atoms with E-state index < -0.39 is 6.03 Å². The molecule has 2 atom stereocenters. The molecule has 1 saturated carbocycles. The lowest BCUT2D eigenvalue weighted by Gasteiger charge is -2.32. The number of carbonyl (C=O) groups excluding carboxylic acids is 1. The molecule has 3 N–H and O–H groups in total. The van der Waals surface area contributed by atoms with Crippen molar-refractivity contribution in [2.75, 3.05) is 0 Å². The lowest BCUT2D eigenvalue weighted by Crippen LogP contribution is -2.48. The molecule has 28 heavy (non-hydrogen) atoms. The summed E-state index contributed by atoms with van der Waals surface area (Å²) in [6, 6.07) is 17.0. The minimum atomic E-state index is -0.548. The van der Waals surface area contributed by atoms with Gasteiger partial charge >= 0.3 is 6.03 Å². The highest BCUT2D eigenvalue weighted by atomic mass is 35.5. The van der Waals surface area contributed by atoms with Crippen molar-refractivity contribution >= 4 is 23.3 Å². The molecule has 146 valence electrons. The van der Waals surface area contributed by atoms with E-state index in [4.69, 9.17) is 17.3 Å². The van der Waals surface area contributed by atoms with Crippen LogP contribution in [0, 0.1) is 0 Å². The molecule has 0 radical (unpaired) electrons. The lowest BCUT2D eigenvalue weighted by molar-refractivity contribution is 0.185. The number of hydrogen-bond acceptors (Lipinski definition) is 3. The fourth-order valence-corrected chi connectivity index (χ4v) is 4.38. The third-order valence-electron chi connectivity index (χ3n) is 5.62. The quantitative estimate of drug-likeness (QED) is 0.800. The molecule has 1 heterocycles. The van der Waals surface area contributed by atoms with Crippen molar-refractivity contribution in [1.82, 2.24) is 10.3 Å². The molecule has 6 heteroatoms. The van der Waals surface area contributed by atoms with Crippen LogP contribution < -0.4 is 11.1 Å². The summed E-state index contributed by atoms with van der Waals surface area (Å²) in [5.41, 5.74) is 8.51. The molecule has 0 aromatic heterocycles. The van der Waals surface area contributed by atoms with Gasteiger partial charge in [-0.05, 0) is 36.1 Å². The summed E-state index contributed by atoms with van der Waals surface area (Å²) in [5, 5.41) is 10.6. The zero-order valence-electron chi connectivity index (χ0n) is 15.7. The third-order valence-corrected chi connectivity index (χ3v) is 5.87. The molecule has 0 saturated heterocycles. The van der Waals surface area contributed by atoms with E-state index in [1.54, 1.807) is 0 Å². The van der Waals surface area contributed by atoms with Crippen molar-refractivity contribution < 1.29 is 4.79 Å². The Morgan fingerprint density at radius 1 is 1.04 bits per heavy atom. The highest BCUT2D eigenvalue weighted by molar-refractivity contribution is 6.30. The van der Waals surface area contributed by atoms with Crippen LogP contribution in [0.4, 0.5) is 4.79 Å². The molecule has 2 aromatic carbocycles. The first kappa shape index (κ1) is 19.0. The van der Waals surface area contributed by atoms with Gasteiger partial charge in [0.05, 0.1) is 11.8 Å². The number of carbonyl (C=O) groups is 1. The lowest BCUT2D eigenvalue weighted by atomic mass is 9.89. The molecule has 2 amide bonds. The van der Waals surface area contributed by atoms with E-state index in [1.165, 1.54) is 24.3 Å². The van der Waals surface area contributed by atoms with Crippen LogP contribution >= 0.6 is 11.6 Å². The number of nitrogens with one attached hydrogen (secondary N) is 1. The Hall–Kier alpha value is -2.37. The first-order chi connectivity index (χ1) is 13.6. The number of hydrogen-bond donors (Lipinski definition) is 2. The van der Waals surface area contributed by atoms with Gasteiger partial charge in [0.15, 0.2) is 0 Å². The van der Waals surface area contributed by atoms with Crippen LogP contribution in [0.5, 0.6) is 0 Å². The number of hydrazone groups is 1. The first-order valence-corrected chi connectivity index (χ1v) is 10.3. The van der Waals surface area contributed by atoms with E-state index in [-0.39, 0.29) is 12.1 Å². The first-order valence-electron chi connectivity index (χ1n) is 9.87. The van der Waals surface area contributed by atoms with Gasteiger partial charge in [0.25, 0.3) is 0 Å². The SMILES string of the molecule is NC(=O)N1N=C(c2ccc(Cl)cc2)[C@H](NC2CCCCC2)[C@H]1c1ccccc1. The van der Waals surface area contributed by atoms with Crippen LogP contribution in [-0.4, -0.2) is 28.8 Å². The second kappa shape index (κ2) is 8.33. The topological polar surface area (TPSA) is 70.7 Å². The van der Waals surface area contributed by atoms with Crippen molar-refractivity contribution in [3.63, 3.8) is 0 Å². The molecule has 2 aromatic rings. The summed E-state index contributed by atoms with van der Waals surface area (Å²) < 4.78 is 0. The summed E-state index contributed by atoms with van der Waals surface area (Å²) in [4.78, 5) is 12.2. The molecule has 0 bridgehead atoms. The van der Waals surface area contributed by atoms with Crippen LogP contribution in [0.2, 0.25) is 5.02 Å². The van der Waals surface area contributed by atoms with Crippen molar-refractivity contribution in [2.45, 2.75) is 50.2 Å². The predicted molar refractivity (Wildman–Crippen MR) is 112 cm³/mol. The molecule has 1 aliphatic heterocycles. The summed E-state index contributed by atoms with van der Waals surface area (Å²) in [7, 11) is 0. The highest BCUT2D eigenvalue weighted by Gasteiger charge is 2.42. The fourth-order valence-electron chi connectivity index (χ4n) is 4.25. The van der Waals surface area contributed by atoms with Crippen LogP contribution in [0.15, 0.2) is 59.7 Å². The maximum atomic E-state index is 12.2. The van der Waals surface area contributed by atoms with Gasteiger partial charge in [0.2, 0.25) is 0 Å². The second-order valence-electron chi connectivity index (χ2n) is 7.51. The molecule has 1 aliphatic carbocycles. The van der Waals surface area contributed by atoms with Crippen molar-refractivity contribution in [3.05, 3.63) is 70.7 Å². The number of urea groups is 1. The number of nitrogens with zero attached hydrogens (tertiary/aromatic N) is 2. The number of rotatable bonds is 4. The molecule has 0 spiro atoms. The Bertz CT molecular complexity index is 847. The third kappa shape index (κ3) is 3.91. The minimum absolute atomic E-state index is 0.126. The monoisotopic (exact) mass is 396 g/mol. The zero-order chi connectivity index (χ0) is 19.5. The van der Waals surface area contributed by atoms with Crippen molar-refractivity contribution in [3.8, 4) is 0 Å². The minimum Gasteiger partial charge on any atom is -0.350 e. The van der Waals surface area contributed by atoms with E-state index >= 15 is 0 Å². The number of halogens is 1. The van der Waals surface area contributed by atoms with Crippen LogP contribution in [-0.2, 0) is 0 Å². The normalized spacial score (nSPS) is 22.9. The molecular weight excluding hydrogens is 372 g/mol. The highest BCUT2D eigenvalue weighted by Crippen LogP contribution is 2.34. The molecule has 4 rings (SSSR count). The van der Waals surface area contributed by atoms with Gasteiger partial charge in [-0.25, -0.2) is 9.80 Å². The van der Waals surface area contributed by atoms with Gasteiger partial charge in [0, 0.05) is 11.1 Å². The van der Waals surface area contributed by atoms with E-state index in [9.17, 15) is 4.79 Å². The molecule has 2 aliphatic rings. The Morgan fingerprint density at radius 3 is 2.36 bits per heavy atom. The predicted octanol–water partition coefficient (Wildman–Crippen LogP) is 4.47. The molecule has 1 fully saturated rings. The second-order valence-corrected chi connectivity index (χ2v) is 7.95. The zero-order valence-corrected chi connectivity index (χ0v) is 16.5. The maximum Gasteiger partial charge on any atom is 0.335 e. The summed E-state index contributed by atoms with van der Waals surface area (Å²) in [6.07, 6.45) is 6.03. The van der Waals surface area contributed by atoms with Crippen molar-refractivity contribution in [1.29, 1.82) is 0 Å². The van der Waals surface area contributed by atoms with E-state index in [2.05, 4.69) is 10.4 Å². The molecular formula is C22H25ClN4O. The van der Waals surface area contributed by atoms with Crippen LogP contribution in [0.1, 0.15) is 49.3 Å². The summed E-state index contributed by atoms with van der Waals surface area (Å²) >= 11 is 6.07. The van der Waals surface area contributed by atoms with Gasteiger partial charge in [-0.15, -0.1) is 0 Å². The van der Waals surface area contributed by atoms with Crippen LogP contribution in [0.3, 0.4) is 0 Å². The number of benzene rings is 2. The van der Waals surface area contributed by atoms with Crippen molar-refractivity contribution in [2.24, 2.45) is 10.8 Å². The average molecular weight is 397 g/mol. The van der Waals surface area contributed by atoms with Gasteiger partial charge in [-0.3, -0.25) is 0 Å². The van der Waals surface area contributed by atoms with Gasteiger partial charge in [-0.2, -0.15) is 5.10 Å². The fraction of sp³-hybridized carbons (Fsp3) is 0.364.